The number of hydrogen-bond acceptors (Lipinski definition) is 2. The van der Waals surface area contributed by atoms with E-state index >= 15 is 0 Å². The van der Waals surface area contributed by atoms with Gasteiger partial charge in [-0.25, -0.2) is 0 Å². The highest BCUT2D eigenvalue weighted by molar-refractivity contribution is 6.01. The van der Waals surface area contributed by atoms with Crippen molar-refractivity contribution >= 4 is 12.0 Å². The molecule has 2 nitrogen and oxygen atoms in total. The number of aliphatic imine (C=N–C) groups is 1. The molecule has 0 unspecified atom stereocenters. The van der Waals surface area contributed by atoms with Crippen LogP contribution in [0.4, 0.5) is 0 Å². The highest BCUT2D eigenvalue weighted by atomic mass is 16.1. The molecule has 0 aliphatic carbocycles. The third kappa shape index (κ3) is 5.12. The summed E-state index contributed by atoms with van der Waals surface area (Å²) >= 11 is 0. The number of carbonyl (C=O) groups excluding carboxylic acids is 1. The second-order valence-corrected chi connectivity index (χ2v) is 3.25. The monoisotopic (exact) mass is 179 g/mol. The van der Waals surface area contributed by atoms with E-state index in [1.165, 1.54) is 0 Å². The largest absolute Gasteiger partial charge is 0.296 e. The summed E-state index contributed by atoms with van der Waals surface area (Å²) in [5, 5.41) is 0. The second kappa shape index (κ2) is 6.35. The number of carbonyl (C=O) groups is 1. The second-order valence-electron chi connectivity index (χ2n) is 3.25. The summed E-state index contributed by atoms with van der Waals surface area (Å²) in [6, 6.07) is 0. The van der Waals surface area contributed by atoms with Crippen molar-refractivity contribution < 1.29 is 4.79 Å². The molecule has 0 radical (unpaired) electrons. The smallest absolute Gasteiger partial charge is 0.163 e. The molecule has 2 heteroatoms. The van der Waals surface area contributed by atoms with Crippen molar-refractivity contribution in [1.29, 1.82) is 0 Å². The van der Waals surface area contributed by atoms with E-state index in [2.05, 4.69) is 11.6 Å². The van der Waals surface area contributed by atoms with E-state index in [0.29, 0.717) is 17.9 Å². The van der Waals surface area contributed by atoms with Gasteiger partial charge in [-0.3, -0.25) is 9.79 Å². The Hall–Kier alpha value is -1.18. The molecule has 13 heavy (non-hydrogen) atoms. The van der Waals surface area contributed by atoms with Crippen LogP contribution in [-0.4, -0.2) is 19.0 Å². The van der Waals surface area contributed by atoms with Gasteiger partial charge in [0.1, 0.15) is 0 Å². The molecule has 0 aliphatic heterocycles. The van der Waals surface area contributed by atoms with E-state index in [9.17, 15) is 4.79 Å². The fourth-order valence-electron chi connectivity index (χ4n) is 0.918. The summed E-state index contributed by atoms with van der Waals surface area (Å²) in [4.78, 5) is 15.3. The van der Waals surface area contributed by atoms with Gasteiger partial charge in [0, 0.05) is 25.3 Å². The molecular formula is C11H17NO. The molecule has 0 aromatic heterocycles. The van der Waals surface area contributed by atoms with Gasteiger partial charge in [-0.2, -0.15) is 0 Å². The van der Waals surface area contributed by atoms with Crippen LogP contribution in [0.3, 0.4) is 0 Å². The van der Waals surface area contributed by atoms with Gasteiger partial charge >= 0.3 is 0 Å². The van der Waals surface area contributed by atoms with E-state index in [1.807, 2.05) is 13.8 Å². The SMILES string of the molecule is C=C/C(=C\C=NC)C(=O)CC(C)C. The molecule has 0 aromatic carbocycles. The first-order valence-electron chi connectivity index (χ1n) is 4.39. The molecule has 0 aliphatic rings. The predicted octanol–water partition coefficient (Wildman–Crippen LogP) is 2.41. The normalized spacial score (nSPS) is 12.5. The van der Waals surface area contributed by atoms with Crippen molar-refractivity contribution in [2.75, 3.05) is 7.05 Å². The van der Waals surface area contributed by atoms with Gasteiger partial charge in [0.25, 0.3) is 0 Å². The number of hydrogen-bond donors (Lipinski definition) is 0. The van der Waals surface area contributed by atoms with E-state index < -0.39 is 0 Å². The van der Waals surface area contributed by atoms with Gasteiger partial charge < -0.3 is 0 Å². The van der Waals surface area contributed by atoms with Crippen LogP contribution < -0.4 is 0 Å². The van der Waals surface area contributed by atoms with Crippen LogP contribution in [0.2, 0.25) is 0 Å². The molecule has 0 rings (SSSR count). The molecule has 0 N–H and O–H groups in total. The highest BCUT2D eigenvalue weighted by Gasteiger charge is 2.07. The molecule has 0 saturated heterocycles. The van der Waals surface area contributed by atoms with Crippen molar-refractivity contribution in [2.24, 2.45) is 10.9 Å². The highest BCUT2D eigenvalue weighted by Crippen LogP contribution is 2.07. The summed E-state index contributed by atoms with van der Waals surface area (Å²) in [5.74, 6) is 0.513. The minimum atomic E-state index is 0.130. The van der Waals surface area contributed by atoms with E-state index in [4.69, 9.17) is 0 Å². The molecule has 72 valence electrons. The number of nitrogens with zero attached hydrogens (tertiary/aromatic N) is 1. The number of allylic oxidation sites excluding steroid dienone is 3. The Balaban J connectivity index is 4.40. The van der Waals surface area contributed by atoms with E-state index in [1.54, 1.807) is 25.4 Å². The molecule has 0 heterocycles. The summed E-state index contributed by atoms with van der Waals surface area (Å²) < 4.78 is 0. The maximum atomic E-state index is 11.5. The van der Waals surface area contributed by atoms with E-state index in [0.717, 1.165) is 0 Å². The van der Waals surface area contributed by atoms with Crippen LogP contribution in [-0.2, 0) is 4.79 Å². The van der Waals surface area contributed by atoms with Crippen LogP contribution in [0.1, 0.15) is 20.3 Å². The Kier molecular flexibility index (Phi) is 5.77. The Bertz CT molecular complexity index is 236. The van der Waals surface area contributed by atoms with E-state index in [-0.39, 0.29) is 5.78 Å². The quantitative estimate of drug-likeness (QED) is 0.362. The molecule has 0 spiro atoms. The maximum absolute atomic E-state index is 11.5. The van der Waals surface area contributed by atoms with Crippen LogP contribution in [0.25, 0.3) is 0 Å². The molecule has 0 atom stereocenters. The minimum absolute atomic E-state index is 0.130. The summed E-state index contributed by atoms with van der Waals surface area (Å²) in [7, 11) is 1.67. The lowest BCUT2D eigenvalue weighted by Crippen LogP contribution is -2.04. The summed E-state index contributed by atoms with van der Waals surface area (Å²) in [5.41, 5.74) is 0.638. The van der Waals surface area contributed by atoms with Gasteiger partial charge in [0.2, 0.25) is 0 Å². The molecule has 0 saturated carbocycles. The lowest BCUT2D eigenvalue weighted by Gasteiger charge is -2.03. The van der Waals surface area contributed by atoms with Crippen molar-refractivity contribution in [2.45, 2.75) is 20.3 Å². The molecular weight excluding hydrogens is 162 g/mol. The maximum Gasteiger partial charge on any atom is 0.163 e. The first kappa shape index (κ1) is 11.8. The van der Waals surface area contributed by atoms with Gasteiger partial charge in [-0.15, -0.1) is 0 Å². The zero-order valence-corrected chi connectivity index (χ0v) is 8.58. The molecule has 0 bridgehead atoms. The van der Waals surface area contributed by atoms with Crippen LogP contribution in [0.5, 0.6) is 0 Å². The fourth-order valence-corrected chi connectivity index (χ4v) is 0.918. The lowest BCUT2D eigenvalue weighted by molar-refractivity contribution is -0.115. The van der Waals surface area contributed by atoms with Crippen molar-refractivity contribution in [3.63, 3.8) is 0 Å². The number of ketones is 1. The van der Waals surface area contributed by atoms with Gasteiger partial charge in [0.15, 0.2) is 5.78 Å². The number of Topliss-reactive ketones (excluding diaryl/α,β-unsaturated/α-hetero) is 1. The lowest BCUT2D eigenvalue weighted by atomic mass is 10.0. The molecule has 0 fully saturated rings. The van der Waals surface area contributed by atoms with Crippen LogP contribution in [0.15, 0.2) is 29.3 Å². The van der Waals surface area contributed by atoms with Crippen LogP contribution in [0, 0.1) is 5.92 Å². The topological polar surface area (TPSA) is 29.4 Å². The minimum Gasteiger partial charge on any atom is -0.296 e. The third-order valence-electron chi connectivity index (χ3n) is 1.54. The van der Waals surface area contributed by atoms with Gasteiger partial charge in [-0.1, -0.05) is 26.5 Å². The molecule has 0 amide bonds. The Labute approximate surface area is 80.1 Å². The molecule has 0 aromatic rings. The van der Waals surface area contributed by atoms with Crippen LogP contribution >= 0.6 is 0 Å². The predicted molar refractivity (Wildman–Crippen MR) is 57.2 cm³/mol. The summed E-state index contributed by atoms with van der Waals surface area (Å²) in [6.45, 7) is 7.63. The first-order chi connectivity index (χ1) is 6.11. The van der Waals surface area contributed by atoms with Gasteiger partial charge in [0.05, 0.1) is 0 Å². The Morgan fingerprint density at radius 1 is 1.54 bits per heavy atom. The zero-order chi connectivity index (χ0) is 10.3. The van der Waals surface area contributed by atoms with Gasteiger partial charge in [-0.05, 0) is 12.0 Å². The average molecular weight is 179 g/mol. The average Bonchev–Trinajstić information content (AvgIpc) is 2.04. The Morgan fingerprint density at radius 3 is 2.54 bits per heavy atom. The van der Waals surface area contributed by atoms with Crippen molar-refractivity contribution in [3.8, 4) is 0 Å². The zero-order valence-electron chi connectivity index (χ0n) is 8.58. The standard InChI is InChI=1S/C11H17NO/c1-5-10(6-7-12-4)11(13)8-9(2)3/h5-7,9H,1,8H2,2-4H3/b10-6+,12-7?. The fraction of sp³-hybridized carbons (Fsp3) is 0.455. The summed E-state index contributed by atoms with van der Waals surface area (Å²) in [6.07, 6.45) is 5.44. The number of rotatable bonds is 5. The van der Waals surface area contributed by atoms with Crippen molar-refractivity contribution in [3.05, 3.63) is 24.3 Å². The first-order valence-corrected chi connectivity index (χ1v) is 4.39. The Morgan fingerprint density at radius 2 is 2.15 bits per heavy atom. The third-order valence-corrected chi connectivity index (χ3v) is 1.54. The van der Waals surface area contributed by atoms with Crippen molar-refractivity contribution in [1.82, 2.24) is 0 Å².